The van der Waals surface area contributed by atoms with Gasteiger partial charge in [-0.1, -0.05) is 98.9 Å². The van der Waals surface area contributed by atoms with Crippen LogP contribution in [0.4, 0.5) is 0 Å². The number of allylic oxidation sites excluding steroid dienone is 12. The summed E-state index contributed by atoms with van der Waals surface area (Å²) in [5.74, 6) is -7.78. The van der Waals surface area contributed by atoms with E-state index in [0.29, 0.717) is 19.4 Å². The smallest absolute Gasteiger partial charge is 0.320 e. The number of hydrogen-bond donors (Lipinski definition) is 15. The quantitative estimate of drug-likeness (QED) is 0.147. The first kappa shape index (κ1) is 66.1. The largest absolute Gasteiger partial charge is 0.481 e. The number of cyclic esters (lactones) is 1. The Labute approximate surface area is 433 Å². The predicted octanol–water partition coefficient (Wildman–Crippen LogP) is -0.151. The van der Waals surface area contributed by atoms with Crippen molar-refractivity contribution in [2.24, 2.45) is 35.0 Å². The zero-order valence-electron chi connectivity index (χ0n) is 42.8. The second kappa shape index (κ2) is 33.9. The molecular weight excluding hydrogens is 971 g/mol. The van der Waals surface area contributed by atoms with E-state index in [4.69, 9.17) is 41.3 Å². The van der Waals surface area contributed by atoms with Crippen molar-refractivity contribution in [3.8, 4) is 0 Å². The second-order valence-corrected chi connectivity index (χ2v) is 19.4. The lowest BCUT2D eigenvalue weighted by atomic mass is 9.82. The number of esters is 1. The first-order valence-electron chi connectivity index (χ1n) is 25.2. The molecule has 74 heavy (non-hydrogen) atoms. The van der Waals surface area contributed by atoms with E-state index in [1.807, 2.05) is 19.1 Å². The summed E-state index contributed by atoms with van der Waals surface area (Å²) in [5, 5.41) is 126. The van der Waals surface area contributed by atoms with E-state index >= 15 is 0 Å². The molecule has 0 spiro atoms. The molecule has 3 aliphatic heterocycles. The van der Waals surface area contributed by atoms with Gasteiger partial charge >= 0.3 is 17.9 Å². The molecule has 422 valence electrons. The van der Waals surface area contributed by atoms with E-state index in [0.717, 1.165) is 0 Å². The first-order valence-corrected chi connectivity index (χ1v) is 25.2. The molecule has 0 saturated carbocycles. The molecule has 22 nitrogen and oxygen atoms in total. The number of ether oxygens (including phenoxy) is 4. The Morgan fingerprint density at radius 1 is 0.703 bits per heavy atom. The highest BCUT2D eigenvalue weighted by molar-refractivity contribution is 5.73. The minimum Gasteiger partial charge on any atom is -0.481 e. The SMILES string of the molecule is C[C@@H]1[C@H](O)[C@@H](C)/C=C/C=C/C=C/C=C/C=C/C=C/C=C/[C@H](O[C@@H]2O[C@H](C)[C@@H](O)[C@H](N)[C@@H]2O)C[C@@H]2O[C@](O)(C[C@@H](O)C[C@@H](O)[C@H](O)CC[C@@H](O)C[C@@H](O)CC(=O)O[C@H]1C)C[C@H](O)[C@H]2C(=O)O.NCCC[C@H](N)C(=O)O. The number of hydrogen-bond acceptors (Lipinski definition) is 20. The van der Waals surface area contributed by atoms with E-state index in [1.54, 1.807) is 80.7 Å². The predicted molar refractivity (Wildman–Crippen MR) is 271 cm³/mol. The number of aliphatic hydroxyl groups is 10. The number of carbonyl (C=O) groups excluding carboxylic acids is 1. The molecule has 2 bridgehead atoms. The van der Waals surface area contributed by atoms with Gasteiger partial charge in [0.05, 0.1) is 79.6 Å². The number of carboxylic acid groups (broad SMARTS) is 2. The Balaban J connectivity index is 0.00000189. The molecule has 3 heterocycles. The van der Waals surface area contributed by atoms with E-state index < -0.39 is 159 Å². The van der Waals surface area contributed by atoms with Gasteiger partial charge in [0.1, 0.15) is 24.2 Å². The van der Waals surface area contributed by atoms with Crippen LogP contribution in [0.25, 0.3) is 0 Å². The van der Waals surface area contributed by atoms with Crippen LogP contribution in [0, 0.1) is 17.8 Å². The third kappa shape index (κ3) is 23.9. The maximum Gasteiger partial charge on any atom is 0.320 e. The van der Waals surface area contributed by atoms with Crippen molar-refractivity contribution in [3.05, 3.63) is 85.1 Å². The molecule has 22 heteroatoms. The Hall–Kier alpha value is -4.05. The summed E-state index contributed by atoms with van der Waals surface area (Å²) in [6.07, 6.45) is 4.60. The van der Waals surface area contributed by atoms with Gasteiger partial charge < -0.3 is 97.4 Å². The molecule has 18 N–H and O–H groups in total. The Morgan fingerprint density at radius 3 is 1.82 bits per heavy atom. The standard InChI is InChI=1S/C47H73NO17.C5H12N2O2/c1-27-17-15-13-11-9-7-5-6-8-10-12-14-16-18-34(64-46-44(58)41(48)43(57)30(4)63-46)24-38-40(45(59)60)37(54)26-47(61,65-38)25-33(51)22-36(53)35(52)20-19-31(49)21-32(50)23-39(55)62-29(3)28(2)42(27)56;6-3-1-2-4(7)5(8)9/h5-18,27-38,40-44,46,49-54,56-58,61H,19-26,48H2,1-4H3,(H,59,60);4H,1-3,6-7H2,(H,8,9)/b6-5+,9-7+,10-8+,13-11+,14-12+,17-15+,18-16+;/t27-,28-,29-,30+,31+,32+,33-,34-,35+,36+,37-,38-,40+,41-,42+,43+,44-,46-,47+;4-/m00/s1. The highest BCUT2D eigenvalue weighted by Crippen LogP contribution is 2.38. The lowest BCUT2D eigenvalue weighted by Gasteiger charge is -2.45. The van der Waals surface area contributed by atoms with Crippen LogP contribution in [-0.2, 0) is 33.3 Å². The van der Waals surface area contributed by atoms with Crippen LogP contribution >= 0.6 is 0 Å². The van der Waals surface area contributed by atoms with Gasteiger partial charge in [0.25, 0.3) is 0 Å². The number of aliphatic hydroxyl groups excluding tert-OH is 9. The second-order valence-electron chi connectivity index (χ2n) is 19.4. The number of aliphatic carboxylic acids is 2. The summed E-state index contributed by atoms with van der Waals surface area (Å²) < 4.78 is 23.1. The number of nitrogens with two attached hydrogens (primary N) is 3. The molecule has 0 amide bonds. The molecule has 0 aromatic rings. The highest BCUT2D eigenvalue weighted by atomic mass is 16.7. The lowest BCUT2D eigenvalue weighted by molar-refractivity contribution is -0.308. The molecule has 3 aliphatic rings. The molecule has 20 atom stereocenters. The fraction of sp³-hybridized carbons (Fsp3) is 0.673. The monoisotopic (exact) mass is 1060 g/mol. The normalized spacial score (nSPS) is 41.6. The van der Waals surface area contributed by atoms with Crippen molar-refractivity contribution in [1.29, 1.82) is 0 Å². The van der Waals surface area contributed by atoms with Crippen LogP contribution in [0.15, 0.2) is 85.1 Å². The summed E-state index contributed by atoms with van der Waals surface area (Å²) >= 11 is 0. The molecule has 0 aliphatic carbocycles. The fourth-order valence-corrected chi connectivity index (χ4v) is 8.43. The third-order valence-corrected chi connectivity index (χ3v) is 13.1. The van der Waals surface area contributed by atoms with E-state index in [2.05, 4.69) is 0 Å². The van der Waals surface area contributed by atoms with E-state index in [1.165, 1.54) is 13.0 Å². The van der Waals surface area contributed by atoms with Gasteiger partial charge in [-0.2, -0.15) is 0 Å². The molecule has 2 saturated heterocycles. The van der Waals surface area contributed by atoms with Crippen LogP contribution in [0.5, 0.6) is 0 Å². The number of carboxylic acids is 2. The average molecular weight is 1060 g/mol. The van der Waals surface area contributed by atoms with Crippen molar-refractivity contribution in [2.75, 3.05) is 6.54 Å². The minimum atomic E-state index is -2.33. The topological polar surface area (TPSA) is 409 Å². The molecule has 2 fully saturated rings. The average Bonchev–Trinajstić information content (AvgIpc) is 3.31. The Morgan fingerprint density at radius 2 is 1.27 bits per heavy atom. The van der Waals surface area contributed by atoms with Crippen LogP contribution < -0.4 is 17.2 Å². The van der Waals surface area contributed by atoms with Gasteiger partial charge in [-0.05, 0) is 52.5 Å². The fourth-order valence-electron chi connectivity index (χ4n) is 8.43. The van der Waals surface area contributed by atoms with Crippen LogP contribution in [0.3, 0.4) is 0 Å². The van der Waals surface area contributed by atoms with Gasteiger partial charge in [-0.15, -0.1) is 0 Å². The number of carbonyl (C=O) groups is 3. The van der Waals surface area contributed by atoms with Crippen LogP contribution in [0.2, 0.25) is 0 Å². The van der Waals surface area contributed by atoms with Crippen LogP contribution in [0.1, 0.15) is 91.9 Å². The summed E-state index contributed by atoms with van der Waals surface area (Å²) in [5.41, 5.74) is 16.3. The summed E-state index contributed by atoms with van der Waals surface area (Å²) in [6.45, 7) is 7.24. The van der Waals surface area contributed by atoms with Crippen LogP contribution in [-0.4, -0.2) is 189 Å². The first-order chi connectivity index (χ1) is 34.8. The maximum absolute atomic E-state index is 12.6. The van der Waals surface area contributed by atoms with Gasteiger partial charge in [-0.3, -0.25) is 14.4 Å². The molecular formula is C52H85N3O19. The molecule has 0 aromatic heterocycles. The van der Waals surface area contributed by atoms with Gasteiger partial charge in [-0.25, -0.2) is 0 Å². The summed E-state index contributed by atoms with van der Waals surface area (Å²) in [4.78, 5) is 35.1. The molecule has 0 unspecified atom stereocenters. The van der Waals surface area contributed by atoms with Crippen molar-refractivity contribution >= 4 is 17.9 Å². The maximum atomic E-state index is 12.6. The molecule has 0 aromatic carbocycles. The molecule has 3 rings (SSSR count). The van der Waals surface area contributed by atoms with Gasteiger partial charge in [0.2, 0.25) is 0 Å². The van der Waals surface area contributed by atoms with Gasteiger partial charge in [0.15, 0.2) is 12.1 Å². The summed E-state index contributed by atoms with van der Waals surface area (Å²) in [7, 11) is 0. The minimum absolute atomic E-state index is 0.107. The van der Waals surface area contributed by atoms with E-state index in [-0.39, 0.29) is 31.6 Å². The van der Waals surface area contributed by atoms with Crippen molar-refractivity contribution in [2.45, 2.75) is 195 Å². The van der Waals surface area contributed by atoms with Crippen molar-refractivity contribution in [1.82, 2.24) is 0 Å². The van der Waals surface area contributed by atoms with Crippen molar-refractivity contribution < 1.29 is 94.6 Å². The number of rotatable bonds is 7. The zero-order valence-corrected chi connectivity index (χ0v) is 42.8. The third-order valence-electron chi connectivity index (χ3n) is 13.1. The highest BCUT2D eigenvalue weighted by Gasteiger charge is 2.51. The van der Waals surface area contributed by atoms with E-state index in [9.17, 15) is 70.6 Å². The lowest BCUT2D eigenvalue weighted by Crippen LogP contribution is -2.61. The zero-order chi connectivity index (χ0) is 55.7. The Bertz CT molecular complexity index is 1880. The number of fused-ring (bicyclic) bond motifs is 2. The van der Waals surface area contributed by atoms with Gasteiger partial charge in [0, 0.05) is 37.5 Å². The molecule has 0 radical (unpaired) electrons. The van der Waals surface area contributed by atoms with Crippen molar-refractivity contribution in [3.63, 3.8) is 0 Å². The Kier molecular flexibility index (Phi) is 30.2. The summed E-state index contributed by atoms with van der Waals surface area (Å²) in [6, 6.07) is -1.89.